The summed E-state index contributed by atoms with van der Waals surface area (Å²) in [5.41, 5.74) is 1.20. The van der Waals surface area contributed by atoms with Crippen LogP contribution < -0.4 is 10.6 Å². The van der Waals surface area contributed by atoms with Gasteiger partial charge in [-0.25, -0.2) is 4.79 Å². The zero-order valence-corrected chi connectivity index (χ0v) is 13.4. The second-order valence-electron chi connectivity index (χ2n) is 6.10. The van der Waals surface area contributed by atoms with Gasteiger partial charge >= 0.3 is 6.03 Å². The normalized spacial score (nSPS) is 20.9. The van der Waals surface area contributed by atoms with E-state index in [4.69, 9.17) is 4.74 Å². The number of benzene rings is 1. The molecule has 1 aromatic rings. The summed E-state index contributed by atoms with van der Waals surface area (Å²) in [4.78, 5) is 23.3. The number of hydrogen-bond donors (Lipinski definition) is 2. The number of nitrogens with one attached hydrogen (secondary N) is 2. The summed E-state index contributed by atoms with van der Waals surface area (Å²) in [7, 11) is 0. The van der Waals surface area contributed by atoms with Crippen LogP contribution in [0.1, 0.15) is 37.6 Å². The van der Waals surface area contributed by atoms with E-state index >= 15 is 0 Å². The lowest BCUT2D eigenvalue weighted by Crippen LogP contribution is -2.37. The van der Waals surface area contributed by atoms with E-state index in [1.165, 1.54) is 6.92 Å². The molecular weight excluding hydrogens is 280 g/mol. The molecule has 2 N–H and O–H groups in total. The molecule has 1 heterocycles. The quantitative estimate of drug-likeness (QED) is 0.822. The van der Waals surface area contributed by atoms with E-state index in [2.05, 4.69) is 24.5 Å². The van der Waals surface area contributed by atoms with Crippen LogP contribution >= 0.6 is 0 Å². The number of anilines is 1. The van der Waals surface area contributed by atoms with Gasteiger partial charge in [-0.2, -0.15) is 0 Å². The number of ether oxygens (including phenoxy) is 1. The summed E-state index contributed by atoms with van der Waals surface area (Å²) in [6, 6.07) is 6.68. The van der Waals surface area contributed by atoms with Crippen molar-refractivity contribution in [1.29, 1.82) is 0 Å². The van der Waals surface area contributed by atoms with Crippen LogP contribution in [0, 0.1) is 11.8 Å². The summed E-state index contributed by atoms with van der Waals surface area (Å²) in [6.45, 7) is 7.14. The Bertz CT molecular complexity index is 542. The summed E-state index contributed by atoms with van der Waals surface area (Å²) in [6.07, 6.45) is 1.18. The van der Waals surface area contributed by atoms with Crippen molar-refractivity contribution in [3.63, 3.8) is 0 Å². The van der Waals surface area contributed by atoms with Gasteiger partial charge in [0.05, 0.1) is 6.10 Å². The molecule has 0 bridgehead atoms. The van der Waals surface area contributed by atoms with Crippen molar-refractivity contribution in [2.75, 3.05) is 18.5 Å². The molecule has 0 unspecified atom stereocenters. The summed E-state index contributed by atoms with van der Waals surface area (Å²) >= 11 is 0. The molecule has 120 valence electrons. The molecule has 1 aliphatic heterocycles. The maximum Gasteiger partial charge on any atom is 0.319 e. The van der Waals surface area contributed by atoms with Gasteiger partial charge in [0.2, 0.25) is 0 Å². The number of Topliss-reactive ketones (excluding diaryl/α,β-unsaturated/α-hetero) is 1. The van der Waals surface area contributed by atoms with E-state index in [0.717, 1.165) is 13.0 Å². The summed E-state index contributed by atoms with van der Waals surface area (Å²) < 4.78 is 5.71. The van der Waals surface area contributed by atoms with E-state index in [-0.39, 0.29) is 17.9 Å². The predicted octanol–water partition coefficient (Wildman–Crippen LogP) is 3.07. The molecule has 2 rings (SSSR count). The highest BCUT2D eigenvalue weighted by atomic mass is 16.5. The minimum atomic E-state index is -0.255. The highest BCUT2D eigenvalue weighted by molar-refractivity contribution is 5.96. The molecule has 5 heteroatoms. The lowest BCUT2D eigenvalue weighted by atomic mass is 9.93. The Labute approximate surface area is 131 Å². The molecule has 1 aliphatic rings. The third kappa shape index (κ3) is 4.31. The molecule has 0 aliphatic carbocycles. The van der Waals surface area contributed by atoms with Crippen LogP contribution in [0.25, 0.3) is 0 Å². The topological polar surface area (TPSA) is 67.4 Å². The van der Waals surface area contributed by atoms with Gasteiger partial charge in [-0.05, 0) is 31.4 Å². The minimum absolute atomic E-state index is 0.0214. The number of amides is 2. The second-order valence-corrected chi connectivity index (χ2v) is 6.10. The molecular formula is C17H24N2O3. The minimum Gasteiger partial charge on any atom is -0.378 e. The zero-order valence-electron chi connectivity index (χ0n) is 13.4. The Kier molecular flexibility index (Phi) is 5.55. The number of rotatable bonds is 5. The lowest BCUT2D eigenvalue weighted by molar-refractivity contribution is 0.0546. The maximum atomic E-state index is 12.0. The van der Waals surface area contributed by atoms with E-state index in [1.54, 1.807) is 24.3 Å². The Hall–Kier alpha value is -1.88. The highest BCUT2D eigenvalue weighted by Crippen LogP contribution is 2.26. The molecule has 1 saturated heterocycles. The van der Waals surface area contributed by atoms with Gasteiger partial charge in [0, 0.05) is 30.3 Å². The third-order valence-corrected chi connectivity index (χ3v) is 3.97. The summed E-state index contributed by atoms with van der Waals surface area (Å²) in [5.74, 6) is 0.783. The van der Waals surface area contributed by atoms with Crippen molar-refractivity contribution in [2.45, 2.75) is 33.3 Å². The van der Waals surface area contributed by atoms with Crippen LogP contribution in [0.2, 0.25) is 0 Å². The van der Waals surface area contributed by atoms with Gasteiger partial charge in [-0.3, -0.25) is 4.79 Å². The smallest absolute Gasteiger partial charge is 0.319 e. The van der Waals surface area contributed by atoms with Crippen LogP contribution in [0.5, 0.6) is 0 Å². The lowest BCUT2D eigenvalue weighted by Gasteiger charge is -2.22. The van der Waals surface area contributed by atoms with Crippen molar-refractivity contribution in [1.82, 2.24) is 5.32 Å². The molecule has 0 spiro atoms. The monoisotopic (exact) mass is 304 g/mol. The number of carbonyl (C=O) groups excluding carboxylic acids is 2. The number of ketones is 1. The molecule has 1 fully saturated rings. The van der Waals surface area contributed by atoms with Gasteiger partial charge in [0.15, 0.2) is 5.78 Å². The van der Waals surface area contributed by atoms with Gasteiger partial charge in [0.25, 0.3) is 0 Å². The molecule has 22 heavy (non-hydrogen) atoms. The van der Waals surface area contributed by atoms with Crippen molar-refractivity contribution < 1.29 is 14.3 Å². The molecule has 5 nitrogen and oxygen atoms in total. The Balaban J connectivity index is 1.85. The number of hydrogen-bond acceptors (Lipinski definition) is 3. The van der Waals surface area contributed by atoms with Crippen molar-refractivity contribution in [3.05, 3.63) is 29.8 Å². The summed E-state index contributed by atoms with van der Waals surface area (Å²) in [5, 5.41) is 5.65. The maximum absolute atomic E-state index is 12.0. The fourth-order valence-corrected chi connectivity index (χ4v) is 2.83. The molecule has 0 aromatic heterocycles. The first kappa shape index (κ1) is 16.5. The molecule has 2 amide bonds. The fraction of sp³-hybridized carbons (Fsp3) is 0.529. The average Bonchev–Trinajstić information content (AvgIpc) is 2.94. The van der Waals surface area contributed by atoms with E-state index in [1.807, 2.05) is 0 Å². The van der Waals surface area contributed by atoms with Crippen molar-refractivity contribution >= 4 is 17.5 Å². The first-order chi connectivity index (χ1) is 10.5. The first-order valence-electron chi connectivity index (χ1n) is 7.75. The number of carbonyl (C=O) groups is 2. The van der Waals surface area contributed by atoms with Crippen LogP contribution in [-0.4, -0.2) is 31.1 Å². The van der Waals surface area contributed by atoms with Crippen LogP contribution in [0.15, 0.2) is 24.3 Å². The Morgan fingerprint density at radius 2 is 2.14 bits per heavy atom. The molecule has 0 saturated carbocycles. The second kappa shape index (κ2) is 7.40. The largest absolute Gasteiger partial charge is 0.378 e. The average molecular weight is 304 g/mol. The van der Waals surface area contributed by atoms with E-state index in [9.17, 15) is 9.59 Å². The van der Waals surface area contributed by atoms with Gasteiger partial charge in [-0.1, -0.05) is 26.0 Å². The Morgan fingerprint density at radius 1 is 1.36 bits per heavy atom. The Morgan fingerprint density at radius 3 is 2.82 bits per heavy atom. The van der Waals surface area contributed by atoms with Crippen LogP contribution in [0.4, 0.5) is 10.5 Å². The van der Waals surface area contributed by atoms with Crippen molar-refractivity contribution in [2.24, 2.45) is 11.8 Å². The van der Waals surface area contributed by atoms with Crippen LogP contribution in [0.3, 0.4) is 0 Å². The van der Waals surface area contributed by atoms with Crippen LogP contribution in [-0.2, 0) is 4.74 Å². The van der Waals surface area contributed by atoms with E-state index < -0.39 is 0 Å². The molecule has 1 aromatic carbocycles. The zero-order chi connectivity index (χ0) is 16.1. The predicted molar refractivity (Wildman–Crippen MR) is 86.2 cm³/mol. The highest BCUT2D eigenvalue weighted by Gasteiger charge is 2.30. The van der Waals surface area contributed by atoms with Crippen molar-refractivity contribution in [3.8, 4) is 0 Å². The first-order valence-corrected chi connectivity index (χ1v) is 7.75. The molecule has 0 radical (unpaired) electrons. The SMILES string of the molecule is CC(=O)c1cccc(NC(=O)NC[C@@H]2CCO[C@H]2C(C)C)c1. The van der Waals surface area contributed by atoms with Gasteiger partial charge in [-0.15, -0.1) is 0 Å². The van der Waals surface area contributed by atoms with Gasteiger partial charge < -0.3 is 15.4 Å². The van der Waals surface area contributed by atoms with Gasteiger partial charge in [0.1, 0.15) is 0 Å². The van der Waals surface area contributed by atoms with E-state index in [0.29, 0.717) is 29.6 Å². The molecule has 2 atom stereocenters. The standard InChI is InChI=1S/C17H24N2O3/c1-11(2)16-14(7-8-22-16)10-18-17(21)19-15-6-4-5-13(9-15)12(3)20/h4-6,9,11,14,16H,7-8,10H2,1-3H3,(H2,18,19,21)/t14-,16-/m0/s1. The number of urea groups is 1. The third-order valence-electron chi connectivity index (χ3n) is 3.97. The fourth-order valence-electron chi connectivity index (χ4n) is 2.83.